The van der Waals surface area contributed by atoms with Crippen molar-refractivity contribution in [1.82, 2.24) is 0 Å². The van der Waals surface area contributed by atoms with Gasteiger partial charge in [-0.2, -0.15) is 0 Å². The van der Waals surface area contributed by atoms with E-state index in [2.05, 4.69) is 20.8 Å². The van der Waals surface area contributed by atoms with Crippen LogP contribution in [0.15, 0.2) is 0 Å². The highest BCUT2D eigenvalue weighted by molar-refractivity contribution is 4.71. The van der Waals surface area contributed by atoms with E-state index in [0.29, 0.717) is 5.41 Å². The highest BCUT2D eigenvalue weighted by Gasteiger charge is 2.18. The van der Waals surface area contributed by atoms with E-state index >= 15 is 0 Å². The molecule has 0 radical (unpaired) electrons. The van der Waals surface area contributed by atoms with E-state index in [4.69, 9.17) is 0 Å². The molecule has 0 unspecified atom stereocenters. The van der Waals surface area contributed by atoms with Crippen molar-refractivity contribution in [3.63, 3.8) is 0 Å². The van der Waals surface area contributed by atoms with Gasteiger partial charge in [-0.1, -0.05) is 52.9 Å². The first-order valence-corrected chi connectivity index (χ1v) is 5.08. The highest BCUT2D eigenvalue weighted by Crippen LogP contribution is 2.32. The van der Waals surface area contributed by atoms with E-state index in [1.54, 1.807) is 0 Å². The predicted octanol–water partition coefficient (Wildman–Crippen LogP) is 4.00. The SMILES string of the molecule is CC(C)(C)CCCC1CCC1. The van der Waals surface area contributed by atoms with Crippen LogP contribution in [0.4, 0.5) is 0 Å². The lowest BCUT2D eigenvalue weighted by Gasteiger charge is -2.26. The molecule has 0 heteroatoms. The fourth-order valence-electron chi connectivity index (χ4n) is 1.70. The zero-order valence-corrected chi connectivity index (χ0v) is 8.32. The van der Waals surface area contributed by atoms with Crippen LogP contribution in [0, 0.1) is 11.3 Å². The third-order valence-electron chi connectivity index (χ3n) is 2.76. The molecule has 0 atom stereocenters. The van der Waals surface area contributed by atoms with Crippen LogP contribution >= 0.6 is 0 Å². The molecule has 1 fully saturated rings. The lowest BCUT2D eigenvalue weighted by Crippen LogP contribution is -2.12. The van der Waals surface area contributed by atoms with Crippen molar-refractivity contribution in [1.29, 1.82) is 0 Å². The molecule has 1 aliphatic carbocycles. The van der Waals surface area contributed by atoms with Crippen LogP contribution in [0.3, 0.4) is 0 Å². The van der Waals surface area contributed by atoms with Gasteiger partial charge in [0.2, 0.25) is 0 Å². The van der Waals surface area contributed by atoms with Crippen molar-refractivity contribution in [2.75, 3.05) is 0 Å². The van der Waals surface area contributed by atoms with Gasteiger partial charge in [0, 0.05) is 0 Å². The Bertz CT molecular complexity index is 104. The summed E-state index contributed by atoms with van der Waals surface area (Å²) in [5.74, 6) is 1.11. The third kappa shape index (κ3) is 3.79. The van der Waals surface area contributed by atoms with Gasteiger partial charge < -0.3 is 0 Å². The molecule has 1 aliphatic rings. The molecule has 0 nitrogen and oxygen atoms in total. The number of hydrogen-bond donors (Lipinski definition) is 0. The molecule has 11 heavy (non-hydrogen) atoms. The summed E-state index contributed by atoms with van der Waals surface area (Å²) in [6, 6.07) is 0. The minimum atomic E-state index is 0.559. The summed E-state index contributed by atoms with van der Waals surface area (Å²) >= 11 is 0. The summed E-state index contributed by atoms with van der Waals surface area (Å²) in [5.41, 5.74) is 0.559. The fraction of sp³-hybridized carbons (Fsp3) is 1.00. The minimum absolute atomic E-state index is 0.559. The predicted molar refractivity (Wildman–Crippen MR) is 50.6 cm³/mol. The summed E-state index contributed by atoms with van der Waals surface area (Å²) in [4.78, 5) is 0. The zero-order valence-electron chi connectivity index (χ0n) is 8.32. The molecule has 0 aromatic carbocycles. The van der Waals surface area contributed by atoms with Crippen molar-refractivity contribution < 1.29 is 0 Å². The van der Waals surface area contributed by atoms with Crippen LogP contribution in [0.1, 0.15) is 59.3 Å². The first-order valence-electron chi connectivity index (χ1n) is 5.08. The summed E-state index contributed by atoms with van der Waals surface area (Å²) in [7, 11) is 0. The molecule has 0 aliphatic heterocycles. The molecule has 0 aromatic heterocycles. The molecule has 0 spiro atoms. The molecule has 0 N–H and O–H groups in total. The van der Waals surface area contributed by atoms with Crippen LogP contribution in [0.25, 0.3) is 0 Å². The minimum Gasteiger partial charge on any atom is -0.0602 e. The van der Waals surface area contributed by atoms with Gasteiger partial charge in [-0.25, -0.2) is 0 Å². The van der Waals surface area contributed by atoms with Crippen molar-refractivity contribution in [2.24, 2.45) is 11.3 Å². The van der Waals surface area contributed by atoms with E-state index in [-0.39, 0.29) is 0 Å². The van der Waals surface area contributed by atoms with Crippen LogP contribution in [-0.4, -0.2) is 0 Å². The molecule has 1 rings (SSSR count). The summed E-state index contributed by atoms with van der Waals surface area (Å²) in [6.07, 6.45) is 8.89. The molecule has 1 saturated carbocycles. The average Bonchev–Trinajstić information content (AvgIpc) is 1.73. The van der Waals surface area contributed by atoms with Gasteiger partial charge in [0.25, 0.3) is 0 Å². The molecular weight excluding hydrogens is 132 g/mol. The first kappa shape index (κ1) is 9.09. The number of rotatable bonds is 3. The lowest BCUT2D eigenvalue weighted by atomic mass is 9.79. The van der Waals surface area contributed by atoms with Gasteiger partial charge in [0.1, 0.15) is 0 Å². The second-order valence-electron chi connectivity index (χ2n) is 5.25. The van der Waals surface area contributed by atoms with E-state index in [9.17, 15) is 0 Å². The average molecular weight is 154 g/mol. The lowest BCUT2D eigenvalue weighted by molar-refractivity contribution is 0.264. The molecule has 0 heterocycles. The molecular formula is C11H22. The van der Waals surface area contributed by atoms with Gasteiger partial charge in [-0.3, -0.25) is 0 Å². The second-order valence-corrected chi connectivity index (χ2v) is 5.25. The van der Waals surface area contributed by atoms with Crippen molar-refractivity contribution >= 4 is 0 Å². The highest BCUT2D eigenvalue weighted by atomic mass is 14.2. The van der Waals surface area contributed by atoms with Crippen LogP contribution in [0.2, 0.25) is 0 Å². The molecule has 66 valence electrons. The van der Waals surface area contributed by atoms with Crippen molar-refractivity contribution in [3.8, 4) is 0 Å². The molecule has 0 amide bonds. The fourth-order valence-corrected chi connectivity index (χ4v) is 1.70. The topological polar surface area (TPSA) is 0 Å². The molecule has 0 bridgehead atoms. The Kier molecular flexibility index (Phi) is 2.98. The third-order valence-corrected chi connectivity index (χ3v) is 2.76. The van der Waals surface area contributed by atoms with Gasteiger partial charge >= 0.3 is 0 Å². The number of hydrogen-bond acceptors (Lipinski definition) is 0. The molecule has 0 aromatic rings. The Morgan fingerprint density at radius 2 is 1.82 bits per heavy atom. The largest absolute Gasteiger partial charge is 0.0602 e. The summed E-state index contributed by atoms with van der Waals surface area (Å²) in [5, 5.41) is 0. The van der Waals surface area contributed by atoms with Crippen molar-refractivity contribution in [3.05, 3.63) is 0 Å². The monoisotopic (exact) mass is 154 g/mol. The second kappa shape index (κ2) is 3.60. The normalized spacial score (nSPS) is 19.9. The standard InChI is InChI=1S/C11H22/c1-11(2,3)9-5-8-10-6-4-7-10/h10H,4-9H2,1-3H3. The summed E-state index contributed by atoms with van der Waals surface area (Å²) in [6.45, 7) is 7.02. The van der Waals surface area contributed by atoms with Crippen LogP contribution in [0.5, 0.6) is 0 Å². The van der Waals surface area contributed by atoms with Gasteiger partial charge in [-0.15, -0.1) is 0 Å². The quantitative estimate of drug-likeness (QED) is 0.576. The van der Waals surface area contributed by atoms with E-state index in [0.717, 1.165) is 5.92 Å². The van der Waals surface area contributed by atoms with E-state index < -0.39 is 0 Å². The van der Waals surface area contributed by atoms with Gasteiger partial charge in [0.15, 0.2) is 0 Å². The Hall–Kier alpha value is 0. The molecule has 0 saturated heterocycles. The Balaban J connectivity index is 1.95. The van der Waals surface area contributed by atoms with Gasteiger partial charge in [-0.05, 0) is 17.8 Å². The zero-order chi connectivity index (χ0) is 8.32. The van der Waals surface area contributed by atoms with Crippen LogP contribution in [-0.2, 0) is 0 Å². The Morgan fingerprint density at radius 1 is 1.18 bits per heavy atom. The van der Waals surface area contributed by atoms with E-state index in [1.165, 1.54) is 38.5 Å². The van der Waals surface area contributed by atoms with Gasteiger partial charge in [0.05, 0.1) is 0 Å². The van der Waals surface area contributed by atoms with Crippen LogP contribution < -0.4 is 0 Å². The maximum atomic E-state index is 2.34. The maximum absolute atomic E-state index is 2.34. The Morgan fingerprint density at radius 3 is 2.18 bits per heavy atom. The first-order chi connectivity index (χ1) is 5.08. The van der Waals surface area contributed by atoms with Crippen molar-refractivity contribution in [2.45, 2.75) is 59.3 Å². The Labute approximate surface area is 71.4 Å². The maximum Gasteiger partial charge on any atom is -0.0383 e. The van der Waals surface area contributed by atoms with E-state index in [1.807, 2.05) is 0 Å². The summed E-state index contributed by atoms with van der Waals surface area (Å²) < 4.78 is 0. The smallest absolute Gasteiger partial charge is 0.0383 e.